The van der Waals surface area contributed by atoms with E-state index in [4.69, 9.17) is 10.5 Å². The fourth-order valence-corrected chi connectivity index (χ4v) is 2.57. The third kappa shape index (κ3) is 3.81. The normalized spacial score (nSPS) is 12.2. The zero-order chi connectivity index (χ0) is 14.5. The van der Waals surface area contributed by atoms with Gasteiger partial charge >= 0.3 is 0 Å². The maximum atomic E-state index is 13.2. The Balaban J connectivity index is 2.13. The van der Waals surface area contributed by atoms with Crippen molar-refractivity contribution in [3.63, 3.8) is 0 Å². The third-order valence-corrected chi connectivity index (χ3v) is 3.65. The second-order valence-corrected chi connectivity index (χ2v) is 5.42. The molecule has 0 radical (unpaired) electrons. The average molecular weight is 338 g/mol. The van der Waals surface area contributed by atoms with Gasteiger partial charge in [-0.15, -0.1) is 0 Å². The number of ether oxygens (including phenoxy) is 1. The zero-order valence-corrected chi connectivity index (χ0v) is 12.9. The van der Waals surface area contributed by atoms with Crippen LogP contribution in [0.2, 0.25) is 0 Å². The van der Waals surface area contributed by atoms with Crippen LogP contribution in [0.3, 0.4) is 0 Å². The number of rotatable bonds is 5. The molecule has 0 aromatic heterocycles. The molecule has 2 nitrogen and oxygen atoms in total. The van der Waals surface area contributed by atoms with E-state index in [9.17, 15) is 4.39 Å². The van der Waals surface area contributed by atoms with Crippen LogP contribution in [0.25, 0.3) is 0 Å². The van der Waals surface area contributed by atoms with Crippen molar-refractivity contribution in [1.82, 2.24) is 0 Å². The summed E-state index contributed by atoms with van der Waals surface area (Å²) in [7, 11) is 0. The molecule has 2 rings (SSSR count). The second kappa shape index (κ2) is 6.86. The summed E-state index contributed by atoms with van der Waals surface area (Å²) in [5.74, 6) is 0.566. The molecule has 0 aliphatic carbocycles. The van der Waals surface area contributed by atoms with Crippen molar-refractivity contribution in [1.29, 1.82) is 0 Å². The molecule has 106 valence electrons. The van der Waals surface area contributed by atoms with E-state index in [1.54, 1.807) is 6.07 Å². The minimum Gasteiger partial charge on any atom is -0.493 e. The predicted molar refractivity (Wildman–Crippen MR) is 82.3 cm³/mol. The summed E-state index contributed by atoms with van der Waals surface area (Å²) < 4.78 is 19.5. The van der Waals surface area contributed by atoms with Crippen molar-refractivity contribution >= 4 is 15.9 Å². The smallest absolute Gasteiger partial charge is 0.133 e. The number of halogens is 2. The summed E-state index contributed by atoms with van der Waals surface area (Å²) in [5, 5.41) is 0. The fraction of sp³-hybridized carbons (Fsp3) is 0.250. The van der Waals surface area contributed by atoms with Gasteiger partial charge in [-0.05, 0) is 64.7 Å². The van der Waals surface area contributed by atoms with E-state index in [0.717, 1.165) is 21.3 Å². The maximum absolute atomic E-state index is 13.2. The van der Waals surface area contributed by atoms with Crippen molar-refractivity contribution in [3.05, 3.63) is 63.9 Å². The van der Waals surface area contributed by atoms with E-state index in [-0.39, 0.29) is 11.9 Å². The molecule has 0 spiro atoms. The highest BCUT2D eigenvalue weighted by Crippen LogP contribution is 2.28. The molecule has 2 aromatic carbocycles. The van der Waals surface area contributed by atoms with E-state index in [1.165, 1.54) is 12.1 Å². The lowest BCUT2D eigenvalue weighted by molar-refractivity contribution is 0.338. The van der Waals surface area contributed by atoms with Gasteiger partial charge < -0.3 is 10.5 Å². The van der Waals surface area contributed by atoms with E-state index in [1.807, 2.05) is 31.2 Å². The Bertz CT molecular complexity index is 588. The van der Waals surface area contributed by atoms with Crippen LogP contribution in [0.4, 0.5) is 4.39 Å². The van der Waals surface area contributed by atoms with Crippen molar-refractivity contribution < 1.29 is 9.13 Å². The first-order chi connectivity index (χ1) is 9.60. The molecule has 0 bridgehead atoms. The Hall–Kier alpha value is -1.39. The van der Waals surface area contributed by atoms with Gasteiger partial charge in [-0.2, -0.15) is 0 Å². The van der Waals surface area contributed by atoms with E-state index >= 15 is 0 Å². The van der Waals surface area contributed by atoms with E-state index < -0.39 is 0 Å². The lowest BCUT2D eigenvalue weighted by atomic mass is 9.99. The molecule has 0 amide bonds. The largest absolute Gasteiger partial charge is 0.493 e. The van der Waals surface area contributed by atoms with Gasteiger partial charge in [0, 0.05) is 6.04 Å². The van der Waals surface area contributed by atoms with Crippen molar-refractivity contribution in [3.8, 4) is 5.75 Å². The number of hydrogen-bond acceptors (Lipinski definition) is 2. The lowest BCUT2D eigenvalue weighted by Gasteiger charge is -2.14. The molecule has 4 heteroatoms. The standard InChI is InChI=1S/C16H17BrFNO/c1-2-20-16-7-6-12(10-14(16)17)15(19)9-11-4-3-5-13(18)8-11/h3-8,10,15H,2,9,19H2,1H3. The molecular weight excluding hydrogens is 321 g/mol. The van der Waals surface area contributed by atoms with Crippen LogP contribution in [0.15, 0.2) is 46.9 Å². The molecule has 2 aromatic rings. The van der Waals surface area contributed by atoms with Gasteiger partial charge in [0.2, 0.25) is 0 Å². The number of hydrogen-bond donors (Lipinski definition) is 1. The predicted octanol–water partition coefficient (Wildman–Crippen LogP) is 4.23. The van der Waals surface area contributed by atoms with Crippen LogP contribution in [-0.4, -0.2) is 6.61 Å². The van der Waals surface area contributed by atoms with E-state index in [0.29, 0.717) is 13.0 Å². The molecule has 0 saturated carbocycles. The molecular formula is C16H17BrFNO. The van der Waals surface area contributed by atoms with Crippen molar-refractivity contribution in [2.75, 3.05) is 6.61 Å². The van der Waals surface area contributed by atoms with Crippen molar-refractivity contribution in [2.24, 2.45) is 5.73 Å². The Morgan fingerprint density at radius 3 is 2.70 bits per heavy atom. The van der Waals surface area contributed by atoms with Gasteiger partial charge in [0.15, 0.2) is 0 Å². The summed E-state index contributed by atoms with van der Waals surface area (Å²) in [6.45, 7) is 2.56. The van der Waals surface area contributed by atoms with Crippen molar-refractivity contribution in [2.45, 2.75) is 19.4 Å². The first-order valence-corrected chi connectivity index (χ1v) is 7.31. The Morgan fingerprint density at radius 2 is 2.05 bits per heavy atom. The summed E-state index contributed by atoms with van der Waals surface area (Å²) >= 11 is 3.47. The topological polar surface area (TPSA) is 35.2 Å². The van der Waals surface area contributed by atoms with Gasteiger partial charge in [0.05, 0.1) is 11.1 Å². The highest BCUT2D eigenvalue weighted by atomic mass is 79.9. The first kappa shape index (κ1) is 15.0. The fourth-order valence-electron chi connectivity index (χ4n) is 2.06. The SMILES string of the molecule is CCOc1ccc(C(N)Cc2cccc(F)c2)cc1Br. The zero-order valence-electron chi connectivity index (χ0n) is 11.3. The quantitative estimate of drug-likeness (QED) is 0.886. The van der Waals surface area contributed by atoms with Gasteiger partial charge in [-0.25, -0.2) is 4.39 Å². The maximum Gasteiger partial charge on any atom is 0.133 e. The van der Waals surface area contributed by atoms with Crippen LogP contribution in [0.1, 0.15) is 24.1 Å². The van der Waals surface area contributed by atoms with Gasteiger partial charge in [0.25, 0.3) is 0 Å². The van der Waals surface area contributed by atoms with E-state index in [2.05, 4.69) is 15.9 Å². The Labute approximate surface area is 126 Å². The van der Waals surface area contributed by atoms with Gasteiger partial charge in [-0.1, -0.05) is 18.2 Å². The van der Waals surface area contributed by atoms with Crippen LogP contribution in [0.5, 0.6) is 5.75 Å². The molecule has 0 saturated heterocycles. The molecule has 1 unspecified atom stereocenters. The molecule has 0 aliphatic heterocycles. The molecule has 20 heavy (non-hydrogen) atoms. The molecule has 1 atom stereocenters. The number of nitrogens with two attached hydrogens (primary N) is 1. The molecule has 0 heterocycles. The minimum absolute atomic E-state index is 0.177. The third-order valence-electron chi connectivity index (χ3n) is 3.03. The lowest BCUT2D eigenvalue weighted by Crippen LogP contribution is -2.13. The second-order valence-electron chi connectivity index (χ2n) is 4.56. The number of benzene rings is 2. The summed E-state index contributed by atoms with van der Waals surface area (Å²) in [6.07, 6.45) is 0.595. The van der Waals surface area contributed by atoms with Crippen LogP contribution < -0.4 is 10.5 Å². The highest BCUT2D eigenvalue weighted by molar-refractivity contribution is 9.10. The molecule has 2 N–H and O–H groups in total. The summed E-state index contributed by atoms with van der Waals surface area (Å²) in [6, 6.07) is 12.1. The average Bonchev–Trinajstić information content (AvgIpc) is 2.41. The monoisotopic (exact) mass is 337 g/mol. The minimum atomic E-state index is -0.234. The van der Waals surface area contributed by atoms with Crippen LogP contribution in [0, 0.1) is 5.82 Å². The first-order valence-electron chi connectivity index (χ1n) is 6.52. The molecule has 0 aliphatic rings. The summed E-state index contributed by atoms with van der Waals surface area (Å²) in [4.78, 5) is 0. The summed E-state index contributed by atoms with van der Waals surface area (Å²) in [5.41, 5.74) is 8.07. The highest BCUT2D eigenvalue weighted by Gasteiger charge is 2.10. The molecule has 0 fully saturated rings. The van der Waals surface area contributed by atoms with Gasteiger partial charge in [-0.3, -0.25) is 0 Å². The Kier molecular flexibility index (Phi) is 5.15. The van der Waals surface area contributed by atoms with Gasteiger partial charge in [0.1, 0.15) is 11.6 Å². The van der Waals surface area contributed by atoms with Crippen LogP contribution >= 0.6 is 15.9 Å². The van der Waals surface area contributed by atoms with Crippen LogP contribution in [-0.2, 0) is 6.42 Å². The Morgan fingerprint density at radius 1 is 1.25 bits per heavy atom.